The summed E-state index contributed by atoms with van der Waals surface area (Å²) in [6, 6.07) is 12.3. The first-order valence-corrected chi connectivity index (χ1v) is 8.03. The lowest BCUT2D eigenvalue weighted by Gasteiger charge is -2.20. The van der Waals surface area contributed by atoms with Crippen LogP contribution in [0.2, 0.25) is 0 Å². The number of ether oxygens (including phenoxy) is 3. The molecule has 2 heterocycles. The van der Waals surface area contributed by atoms with Gasteiger partial charge in [0, 0.05) is 24.1 Å². The lowest BCUT2D eigenvalue weighted by Crippen LogP contribution is -2.20. The van der Waals surface area contributed by atoms with Gasteiger partial charge >= 0.3 is 0 Å². The highest BCUT2D eigenvalue weighted by Gasteiger charge is 2.20. The summed E-state index contributed by atoms with van der Waals surface area (Å²) in [7, 11) is 0. The Labute approximate surface area is 149 Å². The molecule has 0 aliphatic carbocycles. The fraction of sp³-hybridized carbons (Fsp3) is 0.105. The third-order valence-corrected chi connectivity index (χ3v) is 3.66. The van der Waals surface area contributed by atoms with Crippen LogP contribution in [0.5, 0.6) is 23.1 Å². The molecule has 0 saturated heterocycles. The van der Waals surface area contributed by atoms with E-state index < -0.39 is 0 Å². The number of carbonyl (C=O) groups excluding carboxylic acids is 1. The Balaban J connectivity index is 1.53. The third kappa shape index (κ3) is 3.41. The van der Waals surface area contributed by atoms with Crippen molar-refractivity contribution in [1.29, 1.82) is 0 Å². The lowest BCUT2D eigenvalue weighted by molar-refractivity contribution is 0.101. The second kappa shape index (κ2) is 7.10. The average Bonchev–Trinajstić information content (AvgIpc) is 2.68. The molecule has 0 radical (unpaired) electrons. The van der Waals surface area contributed by atoms with Crippen LogP contribution in [-0.4, -0.2) is 29.1 Å². The molecule has 1 aromatic heterocycles. The van der Waals surface area contributed by atoms with Crippen molar-refractivity contribution < 1.29 is 19.0 Å². The van der Waals surface area contributed by atoms with Crippen LogP contribution in [0.3, 0.4) is 0 Å². The van der Waals surface area contributed by atoms with Crippen molar-refractivity contribution in [1.82, 2.24) is 9.97 Å². The number of aromatic nitrogens is 2. The van der Waals surface area contributed by atoms with E-state index in [-0.39, 0.29) is 5.91 Å². The molecule has 130 valence electrons. The maximum absolute atomic E-state index is 12.6. The summed E-state index contributed by atoms with van der Waals surface area (Å²) in [4.78, 5) is 20.7. The van der Waals surface area contributed by atoms with Crippen molar-refractivity contribution >= 4 is 11.6 Å². The van der Waals surface area contributed by atoms with Gasteiger partial charge in [-0.2, -0.15) is 0 Å². The van der Waals surface area contributed by atoms with Crippen LogP contribution in [0, 0.1) is 0 Å². The molecular weight excluding hydrogens is 334 g/mol. The van der Waals surface area contributed by atoms with Gasteiger partial charge in [-0.3, -0.25) is 9.78 Å². The van der Waals surface area contributed by atoms with Crippen molar-refractivity contribution in [3.63, 3.8) is 0 Å². The number of hydrogen-bond donors (Lipinski definition) is 1. The zero-order chi connectivity index (χ0) is 17.8. The molecule has 7 heteroatoms. The maximum atomic E-state index is 12.6. The van der Waals surface area contributed by atoms with Gasteiger partial charge in [0.1, 0.15) is 19.0 Å². The minimum absolute atomic E-state index is 0.288. The summed E-state index contributed by atoms with van der Waals surface area (Å²) in [6.45, 7) is 0.887. The molecule has 1 N–H and O–H groups in total. The highest BCUT2D eigenvalue weighted by Crippen LogP contribution is 2.34. The Bertz CT molecular complexity index is 931. The third-order valence-electron chi connectivity index (χ3n) is 3.66. The van der Waals surface area contributed by atoms with E-state index in [0.717, 1.165) is 0 Å². The number of rotatable bonds is 4. The standard InChI is InChI=1S/C19H15N3O4/c23-19(15-5-2-6-16-18(15)25-10-9-24-16)22-13-3-1-4-14(11-13)26-17-12-20-7-8-21-17/h1-8,11-12H,9-10H2,(H,22,23). The Morgan fingerprint density at radius 2 is 1.96 bits per heavy atom. The van der Waals surface area contributed by atoms with Gasteiger partial charge in [-0.1, -0.05) is 12.1 Å². The van der Waals surface area contributed by atoms with E-state index in [2.05, 4.69) is 15.3 Å². The zero-order valence-electron chi connectivity index (χ0n) is 13.7. The van der Waals surface area contributed by atoms with Gasteiger partial charge in [-0.15, -0.1) is 0 Å². The number of anilines is 1. The van der Waals surface area contributed by atoms with Crippen LogP contribution in [0.15, 0.2) is 61.1 Å². The van der Waals surface area contributed by atoms with Crippen molar-refractivity contribution in [2.45, 2.75) is 0 Å². The molecular formula is C19H15N3O4. The van der Waals surface area contributed by atoms with Crippen LogP contribution < -0.4 is 19.5 Å². The molecule has 26 heavy (non-hydrogen) atoms. The van der Waals surface area contributed by atoms with E-state index >= 15 is 0 Å². The molecule has 0 fully saturated rings. The summed E-state index contributed by atoms with van der Waals surface area (Å²) in [5.74, 6) is 1.66. The highest BCUT2D eigenvalue weighted by molar-refractivity contribution is 6.06. The summed E-state index contributed by atoms with van der Waals surface area (Å²) >= 11 is 0. The normalized spacial score (nSPS) is 12.3. The summed E-state index contributed by atoms with van der Waals surface area (Å²) in [5.41, 5.74) is 1.01. The molecule has 3 aromatic rings. The second-order valence-electron chi connectivity index (χ2n) is 5.46. The summed E-state index contributed by atoms with van der Waals surface area (Å²) in [6.07, 6.45) is 4.62. The summed E-state index contributed by atoms with van der Waals surface area (Å²) < 4.78 is 16.7. The number of amides is 1. The number of hydrogen-bond acceptors (Lipinski definition) is 6. The fourth-order valence-electron chi connectivity index (χ4n) is 2.55. The lowest BCUT2D eigenvalue weighted by atomic mass is 10.1. The van der Waals surface area contributed by atoms with E-state index in [0.29, 0.717) is 47.6 Å². The maximum Gasteiger partial charge on any atom is 0.259 e. The average molecular weight is 349 g/mol. The van der Waals surface area contributed by atoms with Crippen molar-refractivity contribution in [3.8, 4) is 23.1 Å². The van der Waals surface area contributed by atoms with Crippen LogP contribution in [-0.2, 0) is 0 Å². The molecule has 1 amide bonds. The number of para-hydroxylation sites is 1. The van der Waals surface area contributed by atoms with E-state index in [4.69, 9.17) is 14.2 Å². The van der Waals surface area contributed by atoms with Crippen LogP contribution in [0.25, 0.3) is 0 Å². The number of nitrogens with zero attached hydrogens (tertiary/aromatic N) is 2. The molecule has 7 nitrogen and oxygen atoms in total. The quantitative estimate of drug-likeness (QED) is 0.778. The van der Waals surface area contributed by atoms with E-state index in [1.165, 1.54) is 6.20 Å². The van der Waals surface area contributed by atoms with Gasteiger partial charge in [0.05, 0.1) is 11.8 Å². The topological polar surface area (TPSA) is 82.6 Å². The SMILES string of the molecule is O=C(Nc1cccc(Oc2cnccn2)c1)c1cccc2c1OCCO2. The molecule has 2 aromatic carbocycles. The van der Waals surface area contributed by atoms with Gasteiger partial charge in [0.15, 0.2) is 11.5 Å². The van der Waals surface area contributed by atoms with E-state index in [1.54, 1.807) is 54.9 Å². The van der Waals surface area contributed by atoms with E-state index in [1.807, 2.05) is 0 Å². The van der Waals surface area contributed by atoms with Crippen LogP contribution >= 0.6 is 0 Å². The molecule has 0 bridgehead atoms. The molecule has 0 unspecified atom stereocenters. The Morgan fingerprint density at radius 1 is 1.08 bits per heavy atom. The Morgan fingerprint density at radius 3 is 2.85 bits per heavy atom. The van der Waals surface area contributed by atoms with Gasteiger partial charge < -0.3 is 19.5 Å². The Hall–Kier alpha value is -3.61. The van der Waals surface area contributed by atoms with Crippen molar-refractivity contribution in [2.75, 3.05) is 18.5 Å². The zero-order valence-corrected chi connectivity index (χ0v) is 13.7. The van der Waals surface area contributed by atoms with Gasteiger partial charge in [-0.25, -0.2) is 4.98 Å². The van der Waals surface area contributed by atoms with Crippen molar-refractivity contribution in [2.24, 2.45) is 0 Å². The molecule has 0 atom stereocenters. The second-order valence-corrected chi connectivity index (χ2v) is 5.46. The molecule has 1 aliphatic rings. The van der Waals surface area contributed by atoms with Crippen LogP contribution in [0.1, 0.15) is 10.4 Å². The summed E-state index contributed by atoms with van der Waals surface area (Å²) in [5, 5.41) is 2.84. The fourth-order valence-corrected chi connectivity index (χ4v) is 2.55. The number of fused-ring (bicyclic) bond motifs is 1. The predicted molar refractivity (Wildman–Crippen MR) is 93.9 cm³/mol. The Kier molecular flexibility index (Phi) is 4.34. The minimum Gasteiger partial charge on any atom is -0.486 e. The number of carbonyl (C=O) groups is 1. The largest absolute Gasteiger partial charge is 0.486 e. The molecule has 0 spiro atoms. The van der Waals surface area contributed by atoms with Gasteiger partial charge in [0.2, 0.25) is 5.88 Å². The molecule has 0 saturated carbocycles. The van der Waals surface area contributed by atoms with Gasteiger partial charge in [-0.05, 0) is 24.3 Å². The van der Waals surface area contributed by atoms with E-state index in [9.17, 15) is 4.79 Å². The first-order chi connectivity index (χ1) is 12.8. The first kappa shape index (κ1) is 15.9. The molecule has 1 aliphatic heterocycles. The van der Waals surface area contributed by atoms with Crippen LogP contribution in [0.4, 0.5) is 5.69 Å². The monoisotopic (exact) mass is 349 g/mol. The smallest absolute Gasteiger partial charge is 0.259 e. The molecule has 4 rings (SSSR count). The first-order valence-electron chi connectivity index (χ1n) is 8.03. The highest BCUT2D eigenvalue weighted by atomic mass is 16.6. The minimum atomic E-state index is -0.288. The van der Waals surface area contributed by atoms with Crippen molar-refractivity contribution in [3.05, 3.63) is 66.6 Å². The number of nitrogens with one attached hydrogen (secondary N) is 1. The van der Waals surface area contributed by atoms with Gasteiger partial charge in [0.25, 0.3) is 5.91 Å². The number of benzene rings is 2. The predicted octanol–water partition coefficient (Wildman–Crippen LogP) is 3.29.